The molecule has 0 unspecified atom stereocenters. The van der Waals surface area contributed by atoms with Crippen LogP contribution in [0.25, 0.3) is 0 Å². The SMILES string of the molecule is NC(N)=[NH+]S(=O)(=O)c1ccc(N=Cc2ccco2)cc1. The molecule has 2 rings (SSSR count). The van der Waals surface area contributed by atoms with Crippen LogP contribution in [0.2, 0.25) is 0 Å². The standard InChI is InChI=1S/C12H12N4O3S/c13-12(14)16-20(17,18)11-5-3-9(4-6-11)15-8-10-2-1-7-19-10/h1-8H,(H4,13,14,16)/p+1. The summed E-state index contributed by atoms with van der Waals surface area (Å²) >= 11 is 0. The number of sulfonamides is 1. The molecule has 0 amide bonds. The Morgan fingerprint density at radius 1 is 1.20 bits per heavy atom. The van der Waals surface area contributed by atoms with E-state index in [9.17, 15) is 8.42 Å². The minimum atomic E-state index is -3.74. The molecule has 0 spiro atoms. The second-order valence-electron chi connectivity index (χ2n) is 3.83. The van der Waals surface area contributed by atoms with Gasteiger partial charge in [-0.15, -0.1) is 0 Å². The number of rotatable bonds is 4. The van der Waals surface area contributed by atoms with Gasteiger partial charge in [0.05, 0.1) is 18.2 Å². The number of guanidine groups is 1. The summed E-state index contributed by atoms with van der Waals surface area (Å²) in [6.45, 7) is 0. The minimum absolute atomic E-state index is 0.0443. The molecule has 0 atom stereocenters. The van der Waals surface area contributed by atoms with Crippen molar-refractivity contribution in [1.29, 1.82) is 0 Å². The van der Waals surface area contributed by atoms with E-state index in [4.69, 9.17) is 15.9 Å². The van der Waals surface area contributed by atoms with Crippen molar-refractivity contribution in [3.8, 4) is 0 Å². The van der Waals surface area contributed by atoms with Crippen LogP contribution in [0.1, 0.15) is 5.76 Å². The molecule has 0 bridgehead atoms. The van der Waals surface area contributed by atoms with E-state index in [-0.39, 0.29) is 10.9 Å². The second-order valence-corrected chi connectivity index (χ2v) is 5.51. The van der Waals surface area contributed by atoms with Crippen molar-refractivity contribution >= 4 is 27.9 Å². The smallest absolute Gasteiger partial charge is 0.353 e. The van der Waals surface area contributed by atoms with Gasteiger partial charge in [0.1, 0.15) is 10.7 Å². The molecule has 7 nitrogen and oxygen atoms in total. The maximum Gasteiger partial charge on any atom is 0.353 e. The summed E-state index contributed by atoms with van der Waals surface area (Å²) in [7, 11) is -3.74. The van der Waals surface area contributed by atoms with Crippen molar-refractivity contribution in [1.82, 2.24) is 0 Å². The highest BCUT2D eigenvalue weighted by Gasteiger charge is 2.13. The fraction of sp³-hybridized carbons (Fsp3) is 0. The quantitative estimate of drug-likeness (QED) is 0.496. The fourth-order valence-corrected chi connectivity index (χ4v) is 2.35. The average molecular weight is 293 g/mol. The number of furan rings is 1. The molecule has 0 radical (unpaired) electrons. The molecule has 1 heterocycles. The molecule has 5 N–H and O–H groups in total. The Morgan fingerprint density at radius 3 is 2.45 bits per heavy atom. The highest BCUT2D eigenvalue weighted by Crippen LogP contribution is 2.15. The number of benzene rings is 1. The topological polar surface area (TPSA) is 126 Å². The first kappa shape index (κ1) is 13.8. The highest BCUT2D eigenvalue weighted by atomic mass is 32.2. The fourth-order valence-electron chi connectivity index (χ4n) is 1.43. The minimum Gasteiger partial charge on any atom is -0.463 e. The summed E-state index contributed by atoms with van der Waals surface area (Å²) in [5, 5.41) is 0. The molecule has 1 aromatic carbocycles. The van der Waals surface area contributed by atoms with Crippen molar-refractivity contribution in [2.75, 3.05) is 0 Å². The molecule has 0 aliphatic heterocycles. The lowest BCUT2D eigenvalue weighted by molar-refractivity contribution is -0.270. The zero-order valence-electron chi connectivity index (χ0n) is 10.4. The second kappa shape index (κ2) is 5.57. The van der Waals surface area contributed by atoms with Gasteiger partial charge in [-0.2, -0.15) is 12.8 Å². The molecule has 8 heteroatoms. The first-order chi connectivity index (χ1) is 9.47. The maximum absolute atomic E-state index is 11.8. The monoisotopic (exact) mass is 293 g/mol. The molecule has 1 aromatic heterocycles. The first-order valence-electron chi connectivity index (χ1n) is 5.56. The molecule has 0 aliphatic rings. The van der Waals surface area contributed by atoms with E-state index in [1.54, 1.807) is 24.3 Å². The third kappa shape index (κ3) is 3.45. The summed E-state index contributed by atoms with van der Waals surface area (Å²) in [4.78, 5) is 4.19. The van der Waals surface area contributed by atoms with Crippen molar-refractivity contribution in [3.63, 3.8) is 0 Å². The van der Waals surface area contributed by atoms with Crippen molar-refractivity contribution in [2.45, 2.75) is 4.90 Å². The van der Waals surface area contributed by atoms with Gasteiger partial charge in [-0.1, -0.05) is 0 Å². The zero-order chi connectivity index (χ0) is 14.6. The van der Waals surface area contributed by atoms with Gasteiger partial charge >= 0.3 is 16.0 Å². The van der Waals surface area contributed by atoms with Crippen LogP contribution < -0.4 is 15.9 Å². The summed E-state index contributed by atoms with van der Waals surface area (Å²) in [6, 6.07) is 9.42. The predicted molar refractivity (Wildman–Crippen MR) is 73.9 cm³/mol. The van der Waals surface area contributed by atoms with E-state index in [1.165, 1.54) is 24.6 Å². The number of hydrogen-bond acceptors (Lipinski definition) is 4. The van der Waals surface area contributed by atoms with Gasteiger partial charge in [-0.05, 0) is 36.4 Å². The lowest BCUT2D eigenvalue weighted by Gasteiger charge is -1.98. The van der Waals surface area contributed by atoms with Crippen LogP contribution in [0.15, 0.2) is 57.0 Å². The van der Waals surface area contributed by atoms with Gasteiger partial charge in [0.15, 0.2) is 0 Å². The summed E-state index contributed by atoms with van der Waals surface area (Å²) in [6.07, 6.45) is 3.07. The van der Waals surface area contributed by atoms with Crippen LogP contribution >= 0.6 is 0 Å². The normalized spacial score (nSPS) is 11.6. The summed E-state index contributed by atoms with van der Waals surface area (Å²) < 4.78 is 30.6. The number of nitrogens with one attached hydrogen (secondary N) is 1. The van der Waals surface area contributed by atoms with Crippen LogP contribution in [0.3, 0.4) is 0 Å². The van der Waals surface area contributed by atoms with Gasteiger partial charge in [0.25, 0.3) is 0 Å². The number of aliphatic imine (C=N–C) groups is 1. The third-order valence-electron chi connectivity index (χ3n) is 2.28. The van der Waals surface area contributed by atoms with Crippen molar-refractivity contribution in [3.05, 3.63) is 48.4 Å². The van der Waals surface area contributed by atoms with E-state index < -0.39 is 10.0 Å². The van der Waals surface area contributed by atoms with E-state index in [1.807, 2.05) is 4.40 Å². The van der Waals surface area contributed by atoms with Crippen LogP contribution in [-0.2, 0) is 10.0 Å². The molecule has 20 heavy (non-hydrogen) atoms. The first-order valence-corrected chi connectivity index (χ1v) is 7.04. The zero-order valence-corrected chi connectivity index (χ0v) is 11.2. The van der Waals surface area contributed by atoms with Crippen LogP contribution in [0, 0.1) is 0 Å². The molecule has 2 aromatic rings. The van der Waals surface area contributed by atoms with E-state index in [0.717, 1.165) is 0 Å². The van der Waals surface area contributed by atoms with Gasteiger partial charge < -0.3 is 4.42 Å². The van der Waals surface area contributed by atoms with Gasteiger partial charge in [-0.3, -0.25) is 16.5 Å². The Kier molecular flexibility index (Phi) is 3.85. The predicted octanol–water partition coefficient (Wildman–Crippen LogP) is -0.927. The Bertz CT molecular complexity index is 728. The summed E-state index contributed by atoms with van der Waals surface area (Å²) in [5.74, 6) is 0.221. The molecular weight excluding hydrogens is 280 g/mol. The van der Waals surface area contributed by atoms with Crippen LogP contribution in [0.4, 0.5) is 5.69 Å². The molecule has 0 saturated heterocycles. The maximum atomic E-state index is 11.8. The van der Waals surface area contributed by atoms with Gasteiger partial charge in [-0.25, -0.2) is 0 Å². The van der Waals surface area contributed by atoms with E-state index >= 15 is 0 Å². The lowest BCUT2D eigenvalue weighted by atomic mass is 10.3. The Hall–Kier alpha value is -2.61. The van der Waals surface area contributed by atoms with E-state index in [0.29, 0.717) is 11.4 Å². The molecule has 0 aliphatic carbocycles. The number of nitrogens with two attached hydrogens (primary N) is 2. The van der Waals surface area contributed by atoms with Crippen LogP contribution in [-0.4, -0.2) is 20.6 Å². The van der Waals surface area contributed by atoms with Gasteiger partial charge in [0.2, 0.25) is 0 Å². The molecule has 0 saturated carbocycles. The van der Waals surface area contributed by atoms with Crippen molar-refractivity contribution in [2.24, 2.45) is 16.5 Å². The Balaban J connectivity index is 2.21. The van der Waals surface area contributed by atoms with Crippen molar-refractivity contribution < 1.29 is 17.2 Å². The number of hydrogen-bond donors (Lipinski definition) is 3. The largest absolute Gasteiger partial charge is 0.463 e. The number of nitrogens with zero attached hydrogens (tertiary/aromatic N) is 1. The summed E-state index contributed by atoms with van der Waals surface area (Å²) in [5.41, 5.74) is 10.8. The lowest BCUT2D eigenvalue weighted by Crippen LogP contribution is -2.80. The van der Waals surface area contributed by atoms with Gasteiger partial charge in [0, 0.05) is 0 Å². The van der Waals surface area contributed by atoms with E-state index in [2.05, 4.69) is 4.99 Å². The Morgan fingerprint density at radius 2 is 1.90 bits per heavy atom. The third-order valence-corrected chi connectivity index (χ3v) is 3.68. The Labute approximate surface area is 115 Å². The molecule has 104 valence electrons. The molecular formula is C12H13N4O3S+. The highest BCUT2D eigenvalue weighted by molar-refractivity contribution is 7.84. The van der Waals surface area contributed by atoms with Crippen LogP contribution in [0.5, 0.6) is 0 Å². The average Bonchev–Trinajstić information content (AvgIpc) is 2.88. The molecule has 0 fully saturated rings.